The number of nitrogens with zero attached hydrogens (tertiary/aromatic N) is 3. The summed E-state index contributed by atoms with van der Waals surface area (Å²) in [6.07, 6.45) is -0.496. The fourth-order valence-corrected chi connectivity index (χ4v) is 3.17. The average molecular weight is 327 g/mol. The van der Waals surface area contributed by atoms with Crippen molar-refractivity contribution >= 4 is 11.0 Å². The standard InChI is InChI=1S/C19H19F2N3/c1-10-4-5-13(8-11(10)2)15-9-14(18(20)21)16-17(12-6-7-12)23-24(3)19(16)22-15/h4-5,8-9,12,18H,6-7H2,1-3H3. The topological polar surface area (TPSA) is 30.7 Å². The van der Waals surface area contributed by atoms with Crippen LogP contribution in [0.15, 0.2) is 24.3 Å². The van der Waals surface area contributed by atoms with Crippen LogP contribution in [0.4, 0.5) is 8.78 Å². The van der Waals surface area contributed by atoms with Crippen molar-refractivity contribution in [2.75, 3.05) is 0 Å². The zero-order chi connectivity index (χ0) is 17.0. The summed E-state index contributed by atoms with van der Waals surface area (Å²) in [4.78, 5) is 4.66. The average Bonchev–Trinajstić information content (AvgIpc) is 3.34. The van der Waals surface area contributed by atoms with Crippen LogP contribution < -0.4 is 0 Å². The molecule has 0 saturated heterocycles. The van der Waals surface area contributed by atoms with E-state index in [9.17, 15) is 8.78 Å². The Balaban J connectivity index is 1.98. The number of rotatable bonds is 3. The molecule has 5 heteroatoms. The van der Waals surface area contributed by atoms with Crippen LogP contribution in [0, 0.1) is 13.8 Å². The highest BCUT2D eigenvalue weighted by molar-refractivity contribution is 5.86. The number of alkyl halides is 2. The van der Waals surface area contributed by atoms with Gasteiger partial charge in [0.25, 0.3) is 6.43 Å². The Hall–Kier alpha value is -2.30. The third-order valence-electron chi connectivity index (χ3n) is 4.85. The van der Waals surface area contributed by atoms with Crippen LogP contribution in [0.5, 0.6) is 0 Å². The van der Waals surface area contributed by atoms with Crippen molar-refractivity contribution in [1.29, 1.82) is 0 Å². The first-order valence-corrected chi connectivity index (χ1v) is 8.19. The second-order valence-corrected chi connectivity index (χ2v) is 6.68. The molecule has 0 amide bonds. The van der Waals surface area contributed by atoms with Crippen LogP contribution in [-0.2, 0) is 7.05 Å². The minimum Gasteiger partial charge on any atom is -0.250 e. The molecule has 0 radical (unpaired) electrons. The van der Waals surface area contributed by atoms with E-state index in [2.05, 4.69) is 10.1 Å². The molecule has 1 aliphatic carbocycles. The largest absolute Gasteiger partial charge is 0.264 e. The van der Waals surface area contributed by atoms with Crippen molar-refractivity contribution in [3.63, 3.8) is 0 Å². The predicted octanol–water partition coefficient (Wildman–Crippen LogP) is 5.07. The molecule has 124 valence electrons. The lowest BCUT2D eigenvalue weighted by Gasteiger charge is -2.09. The van der Waals surface area contributed by atoms with Crippen LogP contribution in [0.25, 0.3) is 22.3 Å². The summed E-state index contributed by atoms with van der Waals surface area (Å²) >= 11 is 0. The Labute approximate surface area is 139 Å². The van der Waals surface area contributed by atoms with Crippen LogP contribution >= 0.6 is 0 Å². The van der Waals surface area contributed by atoms with E-state index in [1.807, 2.05) is 32.0 Å². The maximum atomic E-state index is 13.7. The summed E-state index contributed by atoms with van der Waals surface area (Å²) in [5.41, 5.74) is 5.09. The molecule has 4 rings (SSSR count). The Bertz CT molecular complexity index is 939. The van der Waals surface area contributed by atoms with Crippen LogP contribution in [0.3, 0.4) is 0 Å². The van der Waals surface area contributed by atoms with Gasteiger partial charge in [-0.1, -0.05) is 12.1 Å². The summed E-state index contributed by atoms with van der Waals surface area (Å²) in [6, 6.07) is 7.46. The third-order valence-corrected chi connectivity index (χ3v) is 4.85. The number of aryl methyl sites for hydroxylation is 3. The highest BCUT2D eigenvalue weighted by Crippen LogP contribution is 2.44. The number of hydrogen-bond acceptors (Lipinski definition) is 2. The molecule has 1 fully saturated rings. The van der Waals surface area contributed by atoms with Crippen LogP contribution in [0.2, 0.25) is 0 Å². The number of fused-ring (bicyclic) bond motifs is 1. The molecule has 2 heterocycles. The number of hydrogen-bond donors (Lipinski definition) is 0. The number of halogens is 2. The quantitative estimate of drug-likeness (QED) is 0.672. The molecule has 2 aromatic heterocycles. The Morgan fingerprint density at radius 2 is 1.88 bits per heavy atom. The van der Waals surface area contributed by atoms with Gasteiger partial charge < -0.3 is 0 Å². The van der Waals surface area contributed by atoms with Crippen molar-refractivity contribution < 1.29 is 8.78 Å². The van der Waals surface area contributed by atoms with E-state index < -0.39 is 6.43 Å². The number of pyridine rings is 1. The maximum Gasteiger partial charge on any atom is 0.264 e. The molecule has 0 spiro atoms. The SMILES string of the molecule is Cc1ccc(-c2cc(C(F)F)c3c(C4CC4)nn(C)c3n2)cc1C. The van der Waals surface area contributed by atoms with E-state index in [-0.39, 0.29) is 5.56 Å². The van der Waals surface area contributed by atoms with E-state index in [0.29, 0.717) is 22.6 Å². The Morgan fingerprint density at radius 1 is 1.12 bits per heavy atom. The molecule has 24 heavy (non-hydrogen) atoms. The fourth-order valence-electron chi connectivity index (χ4n) is 3.17. The second kappa shape index (κ2) is 5.36. The van der Waals surface area contributed by atoms with Gasteiger partial charge in [0.05, 0.1) is 16.8 Å². The lowest BCUT2D eigenvalue weighted by molar-refractivity contribution is 0.153. The normalized spacial score (nSPS) is 14.8. The van der Waals surface area contributed by atoms with Crippen molar-refractivity contribution in [3.05, 3.63) is 46.6 Å². The van der Waals surface area contributed by atoms with Gasteiger partial charge in [0, 0.05) is 24.1 Å². The van der Waals surface area contributed by atoms with Gasteiger partial charge in [-0.15, -0.1) is 0 Å². The van der Waals surface area contributed by atoms with Crippen molar-refractivity contribution in [2.24, 2.45) is 7.05 Å². The highest BCUT2D eigenvalue weighted by atomic mass is 19.3. The molecule has 3 aromatic rings. The molecule has 1 saturated carbocycles. The Morgan fingerprint density at radius 3 is 2.50 bits per heavy atom. The minimum absolute atomic E-state index is 0.0447. The summed E-state index contributed by atoms with van der Waals surface area (Å²) in [5, 5.41) is 5.03. The Kier molecular flexibility index (Phi) is 3.41. The number of benzene rings is 1. The molecule has 1 aromatic carbocycles. The summed E-state index contributed by atoms with van der Waals surface area (Å²) < 4.78 is 29.1. The van der Waals surface area contributed by atoms with E-state index in [4.69, 9.17) is 0 Å². The van der Waals surface area contributed by atoms with Gasteiger partial charge in [0.15, 0.2) is 5.65 Å². The molecule has 1 aliphatic rings. The summed E-state index contributed by atoms with van der Waals surface area (Å²) in [6.45, 7) is 4.05. The van der Waals surface area contributed by atoms with Gasteiger partial charge in [0.1, 0.15) is 0 Å². The van der Waals surface area contributed by atoms with E-state index in [1.54, 1.807) is 11.7 Å². The first-order chi connectivity index (χ1) is 11.5. The van der Waals surface area contributed by atoms with Gasteiger partial charge >= 0.3 is 0 Å². The van der Waals surface area contributed by atoms with E-state index in [0.717, 1.165) is 29.7 Å². The number of aromatic nitrogens is 3. The van der Waals surface area contributed by atoms with Gasteiger partial charge in [0.2, 0.25) is 0 Å². The van der Waals surface area contributed by atoms with Gasteiger partial charge in [-0.05, 0) is 49.9 Å². The summed E-state index contributed by atoms with van der Waals surface area (Å²) in [5.74, 6) is 0.306. The molecule has 0 aliphatic heterocycles. The summed E-state index contributed by atoms with van der Waals surface area (Å²) in [7, 11) is 1.78. The predicted molar refractivity (Wildman–Crippen MR) is 90.4 cm³/mol. The van der Waals surface area contributed by atoms with Gasteiger partial charge in [-0.2, -0.15) is 5.10 Å². The first-order valence-electron chi connectivity index (χ1n) is 8.19. The van der Waals surface area contributed by atoms with Crippen molar-refractivity contribution in [1.82, 2.24) is 14.8 Å². The molecule has 3 nitrogen and oxygen atoms in total. The van der Waals surface area contributed by atoms with Gasteiger partial charge in [-0.25, -0.2) is 13.8 Å². The lowest BCUT2D eigenvalue weighted by atomic mass is 10.0. The molecule has 0 bridgehead atoms. The smallest absolute Gasteiger partial charge is 0.250 e. The first kappa shape index (κ1) is 15.2. The van der Waals surface area contributed by atoms with Crippen molar-refractivity contribution in [2.45, 2.75) is 39.0 Å². The molecular weight excluding hydrogens is 308 g/mol. The molecule has 0 N–H and O–H groups in total. The third kappa shape index (κ3) is 2.39. The zero-order valence-corrected chi connectivity index (χ0v) is 14.0. The lowest BCUT2D eigenvalue weighted by Crippen LogP contribution is -1.97. The molecular formula is C19H19F2N3. The zero-order valence-electron chi connectivity index (χ0n) is 14.0. The monoisotopic (exact) mass is 327 g/mol. The van der Waals surface area contributed by atoms with Crippen molar-refractivity contribution in [3.8, 4) is 11.3 Å². The van der Waals surface area contributed by atoms with Crippen LogP contribution in [0.1, 0.15) is 47.6 Å². The second-order valence-electron chi connectivity index (χ2n) is 6.68. The van der Waals surface area contributed by atoms with E-state index in [1.165, 1.54) is 11.6 Å². The van der Waals surface area contributed by atoms with Crippen LogP contribution in [-0.4, -0.2) is 14.8 Å². The minimum atomic E-state index is -2.54. The molecule has 0 atom stereocenters. The fraction of sp³-hybridized carbons (Fsp3) is 0.368. The van der Waals surface area contributed by atoms with E-state index >= 15 is 0 Å². The molecule has 0 unspecified atom stereocenters. The maximum absolute atomic E-state index is 13.7. The van der Waals surface area contributed by atoms with Gasteiger partial charge in [-0.3, -0.25) is 4.68 Å². The highest BCUT2D eigenvalue weighted by Gasteiger charge is 2.32.